The average molecular weight is 209 g/mol. The average Bonchev–Trinajstić information content (AvgIpc) is 2.25. The Morgan fingerprint density at radius 2 is 2.27 bits per heavy atom. The quantitative estimate of drug-likeness (QED) is 0.710. The summed E-state index contributed by atoms with van der Waals surface area (Å²) in [5, 5.41) is 0. The van der Waals surface area contributed by atoms with E-state index in [1.165, 1.54) is 13.2 Å². The van der Waals surface area contributed by atoms with Crippen molar-refractivity contribution in [3.63, 3.8) is 0 Å². The van der Waals surface area contributed by atoms with Gasteiger partial charge in [-0.3, -0.25) is 9.59 Å². The molecule has 1 amide bonds. The summed E-state index contributed by atoms with van der Waals surface area (Å²) >= 11 is 0. The van der Waals surface area contributed by atoms with Gasteiger partial charge in [0.25, 0.3) is 5.91 Å². The van der Waals surface area contributed by atoms with E-state index in [-0.39, 0.29) is 6.61 Å². The van der Waals surface area contributed by atoms with Crippen LogP contribution in [0.25, 0.3) is 0 Å². The maximum atomic E-state index is 10.7. The van der Waals surface area contributed by atoms with Gasteiger partial charge in [-0.05, 0) is 18.2 Å². The molecule has 0 saturated heterocycles. The van der Waals surface area contributed by atoms with Crippen LogP contribution >= 0.6 is 0 Å². The minimum Gasteiger partial charge on any atom is -0.497 e. The van der Waals surface area contributed by atoms with Crippen LogP contribution in [0.1, 0.15) is 10.4 Å². The Morgan fingerprint density at radius 3 is 2.80 bits per heavy atom. The topological polar surface area (TPSA) is 78.6 Å². The van der Waals surface area contributed by atoms with Gasteiger partial charge in [0, 0.05) is 0 Å². The number of primary amides is 1. The summed E-state index contributed by atoms with van der Waals surface area (Å²) in [6, 6.07) is 4.69. The highest BCUT2D eigenvalue weighted by Gasteiger charge is 2.05. The monoisotopic (exact) mass is 209 g/mol. The molecule has 0 bridgehead atoms. The molecule has 5 heteroatoms. The molecule has 0 fully saturated rings. The summed E-state index contributed by atoms with van der Waals surface area (Å²) < 4.78 is 9.96. The van der Waals surface area contributed by atoms with E-state index < -0.39 is 5.91 Å². The molecule has 0 aliphatic heterocycles. The minimum atomic E-state index is -0.595. The molecule has 0 unspecified atom stereocenters. The van der Waals surface area contributed by atoms with Crippen molar-refractivity contribution in [3.05, 3.63) is 23.8 Å². The molecule has 0 saturated carbocycles. The van der Waals surface area contributed by atoms with Gasteiger partial charge in [0.15, 0.2) is 12.9 Å². The molecule has 15 heavy (non-hydrogen) atoms. The number of amides is 1. The van der Waals surface area contributed by atoms with Crippen molar-refractivity contribution in [2.75, 3.05) is 13.7 Å². The molecule has 0 aliphatic carbocycles. The van der Waals surface area contributed by atoms with Gasteiger partial charge in [0.1, 0.15) is 11.5 Å². The van der Waals surface area contributed by atoms with E-state index in [1.54, 1.807) is 12.1 Å². The highest BCUT2D eigenvalue weighted by atomic mass is 16.5. The highest BCUT2D eigenvalue weighted by molar-refractivity contribution is 5.81. The van der Waals surface area contributed by atoms with Crippen LogP contribution in [0.2, 0.25) is 0 Å². The van der Waals surface area contributed by atoms with Crippen molar-refractivity contribution in [2.24, 2.45) is 5.73 Å². The number of carbonyl (C=O) groups excluding carboxylic acids is 2. The molecular formula is C10H11NO4. The Morgan fingerprint density at radius 1 is 1.53 bits per heavy atom. The van der Waals surface area contributed by atoms with Crippen molar-refractivity contribution >= 4 is 12.2 Å². The number of ether oxygens (including phenoxy) is 2. The Hall–Kier alpha value is -2.04. The third-order valence-corrected chi connectivity index (χ3v) is 1.71. The maximum absolute atomic E-state index is 10.7. The van der Waals surface area contributed by atoms with Gasteiger partial charge in [-0.1, -0.05) is 0 Å². The van der Waals surface area contributed by atoms with E-state index in [0.717, 1.165) is 0 Å². The summed E-state index contributed by atoms with van der Waals surface area (Å²) in [5.41, 5.74) is 5.23. The van der Waals surface area contributed by atoms with Crippen LogP contribution in [-0.4, -0.2) is 25.9 Å². The zero-order chi connectivity index (χ0) is 11.3. The third-order valence-electron chi connectivity index (χ3n) is 1.71. The lowest BCUT2D eigenvalue weighted by Crippen LogP contribution is -2.20. The van der Waals surface area contributed by atoms with Crippen LogP contribution in [0.3, 0.4) is 0 Å². The van der Waals surface area contributed by atoms with Crippen molar-refractivity contribution < 1.29 is 19.1 Å². The first-order chi connectivity index (χ1) is 7.17. The molecule has 1 aromatic rings. The molecular weight excluding hydrogens is 198 g/mol. The molecule has 1 aromatic carbocycles. The molecule has 0 heterocycles. The van der Waals surface area contributed by atoms with Crippen LogP contribution in [-0.2, 0) is 4.79 Å². The molecule has 1 rings (SSSR count). The number of nitrogens with two attached hydrogens (primary N) is 1. The molecule has 0 atom stereocenters. The lowest BCUT2D eigenvalue weighted by Gasteiger charge is -2.07. The lowest BCUT2D eigenvalue weighted by molar-refractivity contribution is -0.119. The molecule has 80 valence electrons. The van der Waals surface area contributed by atoms with Gasteiger partial charge < -0.3 is 15.2 Å². The predicted octanol–water partition coefficient (Wildman–Crippen LogP) is 0.372. The number of aldehydes is 1. The zero-order valence-corrected chi connectivity index (χ0v) is 8.23. The second kappa shape index (κ2) is 4.99. The Balaban J connectivity index is 2.87. The maximum Gasteiger partial charge on any atom is 0.255 e. The fraction of sp³-hybridized carbons (Fsp3) is 0.200. The first-order valence-corrected chi connectivity index (χ1v) is 4.21. The lowest BCUT2D eigenvalue weighted by atomic mass is 10.2. The van der Waals surface area contributed by atoms with Gasteiger partial charge in [-0.25, -0.2) is 0 Å². The van der Waals surface area contributed by atoms with Crippen molar-refractivity contribution in [1.82, 2.24) is 0 Å². The van der Waals surface area contributed by atoms with E-state index in [1.807, 2.05) is 0 Å². The van der Waals surface area contributed by atoms with E-state index >= 15 is 0 Å². The summed E-state index contributed by atoms with van der Waals surface area (Å²) in [7, 11) is 1.49. The standard InChI is InChI=1S/C10H11NO4/c1-14-8-2-3-9(7(4-8)5-12)15-6-10(11)13/h2-5H,6H2,1H3,(H2,11,13). The summed E-state index contributed by atoms with van der Waals surface area (Å²) in [5.74, 6) is 0.260. The fourth-order valence-corrected chi connectivity index (χ4v) is 1.03. The van der Waals surface area contributed by atoms with E-state index in [4.69, 9.17) is 15.2 Å². The second-order valence-electron chi connectivity index (χ2n) is 2.78. The minimum absolute atomic E-state index is 0.257. The largest absolute Gasteiger partial charge is 0.497 e. The number of hydrogen-bond acceptors (Lipinski definition) is 4. The summed E-state index contributed by atoms with van der Waals surface area (Å²) in [6.45, 7) is -0.257. The summed E-state index contributed by atoms with van der Waals surface area (Å²) in [4.78, 5) is 21.2. The summed E-state index contributed by atoms with van der Waals surface area (Å²) in [6.07, 6.45) is 0.624. The SMILES string of the molecule is COc1ccc(OCC(N)=O)c(C=O)c1. The van der Waals surface area contributed by atoms with Gasteiger partial charge >= 0.3 is 0 Å². The Bertz CT molecular complexity index is 376. The van der Waals surface area contributed by atoms with Gasteiger partial charge in [0.05, 0.1) is 12.7 Å². The van der Waals surface area contributed by atoms with E-state index in [0.29, 0.717) is 23.3 Å². The first kappa shape index (κ1) is 11.0. The number of rotatable bonds is 5. The van der Waals surface area contributed by atoms with Crippen molar-refractivity contribution in [2.45, 2.75) is 0 Å². The van der Waals surface area contributed by atoms with Crippen LogP contribution in [0.15, 0.2) is 18.2 Å². The molecule has 0 aromatic heterocycles. The fourth-order valence-electron chi connectivity index (χ4n) is 1.03. The third kappa shape index (κ3) is 2.98. The zero-order valence-electron chi connectivity index (χ0n) is 8.23. The smallest absolute Gasteiger partial charge is 0.255 e. The second-order valence-corrected chi connectivity index (χ2v) is 2.78. The first-order valence-electron chi connectivity index (χ1n) is 4.21. The Labute approximate surface area is 86.8 Å². The molecule has 0 spiro atoms. The van der Waals surface area contributed by atoms with Gasteiger partial charge in [-0.15, -0.1) is 0 Å². The Kier molecular flexibility index (Phi) is 3.68. The predicted molar refractivity (Wildman–Crippen MR) is 53.1 cm³/mol. The van der Waals surface area contributed by atoms with E-state index in [9.17, 15) is 9.59 Å². The van der Waals surface area contributed by atoms with E-state index in [2.05, 4.69) is 0 Å². The van der Waals surface area contributed by atoms with Crippen molar-refractivity contribution in [3.8, 4) is 11.5 Å². The molecule has 0 radical (unpaired) electrons. The number of carbonyl (C=O) groups is 2. The van der Waals surface area contributed by atoms with Crippen LogP contribution < -0.4 is 15.2 Å². The molecule has 2 N–H and O–H groups in total. The van der Waals surface area contributed by atoms with Gasteiger partial charge in [-0.2, -0.15) is 0 Å². The number of hydrogen-bond donors (Lipinski definition) is 1. The highest BCUT2D eigenvalue weighted by Crippen LogP contribution is 2.22. The normalized spacial score (nSPS) is 9.40. The number of methoxy groups -OCH3 is 1. The molecule has 0 aliphatic rings. The molecule has 5 nitrogen and oxygen atoms in total. The van der Waals surface area contributed by atoms with Crippen LogP contribution in [0.4, 0.5) is 0 Å². The van der Waals surface area contributed by atoms with Crippen LogP contribution in [0.5, 0.6) is 11.5 Å². The van der Waals surface area contributed by atoms with Crippen LogP contribution in [0, 0.1) is 0 Å². The van der Waals surface area contributed by atoms with Crippen molar-refractivity contribution in [1.29, 1.82) is 0 Å². The number of benzene rings is 1. The van der Waals surface area contributed by atoms with Gasteiger partial charge in [0.2, 0.25) is 0 Å².